The standard InChI is InChI=1S/C38H49ClN4O7S/c1-41-17-4-3-9-33(49-2)30-13-10-27(30)23-42-24-37(16-7-8-26-20-29(39)12-14-31(26)37)25-50-34-15-11-28(21-32(34)42)38(46,22-35(41)44)36(45)40-51(47,48)43-18-5-6-19-43/h3,9,11-12,14-15,20-21,27,30,33,46H,4-8,10,13,16-19,22-25H2,1-2H3,(H,40,45)/b9-3-/t27-,30+,33-,37-,38+/m0/s1. The summed E-state index contributed by atoms with van der Waals surface area (Å²) in [6.45, 7) is 2.67. The number of hydrogen-bond donors (Lipinski definition) is 2. The van der Waals surface area contributed by atoms with Crippen molar-refractivity contribution in [2.45, 2.75) is 74.9 Å². The van der Waals surface area contributed by atoms with E-state index in [2.05, 4.69) is 27.8 Å². The fourth-order valence-corrected chi connectivity index (χ4v) is 10.3. The molecule has 13 heteroatoms. The van der Waals surface area contributed by atoms with Crippen molar-refractivity contribution in [1.29, 1.82) is 0 Å². The molecule has 51 heavy (non-hydrogen) atoms. The quantitative estimate of drug-likeness (QED) is 0.445. The first-order valence-electron chi connectivity index (χ1n) is 18.2. The van der Waals surface area contributed by atoms with Crippen LogP contribution >= 0.6 is 11.6 Å². The molecule has 5 aliphatic rings. The highest BCUT2D eigenvalue weighted by Crippen LogP contribution is 2.48. The van der Waals surface area contributed by atoms with Gasteiger partial charge in [-0.15, -0.1) is 0 Å². The molecule has 2 aliphatic carbocycles. The third-order valence-corrected chi connectivity index (χ3v) is 13.7. The third kappa shape index (κ3) is 7.02. The minimum atomic E-state index is -4.24. The van der Waals surface area contributed by atoms with Gasteiger partial charge in [-0.1, -0.05) is 35.9 Å². The van der Waals surface area contributed by atoms with Crippen LogP contribution in [0, 0.1) is 11.8 Å². The average molecular weight is 741 g/mol. The van der Waals surface area contributed by atoms with Crippen LogP contribution in [0.15, 0.2) is 48.6 Å². The summed E-state index contributed by atoms with van der Waals surface area (Å²) in [5.41, 5.74) is 0.444. The molecule has 2 aromatic carbocycles. The Morgan fingerprint density at radius 3 is 2.65 bits per heavy atom. The summed E-state index contributed by atoms with van der Waals surface area (Å²) < 4.78 is 42.6. The largest absolute Gasteiger partial charge is 0.490 e. The van der Waals surface area contributed by atoms with Gasteiger partial charge in [-0.3, -0.25) is 9.59 Å². The molecule has 0 radical (unpaired) electrons. The Kier molecular flexibility index (Phi) is 10.2. The van der Waals surface area contributed by atoms with Gasteiger partial charge >= 0.3 is 10.2 Å². The normalized spacial score (nSPS) is 30.8. The Bertz CT molecular complexity index is 1800. The maximum atomic E-state index is 14.1. The van der Waals surface area contributed by atoms with Crippen LogP contribution in [-0.2, 0) is 42.0 Å². The zero-order valence-electron chi connectivity index (χ0n) is 29.5. The summed E-state index contributed by atoms with van der Waals surface area (Å²) in [5, 5.41) is 13.1. The maximum Gasteiger partial charge on any atom is 0.303 e. The molecule has 11 nitrogen and oxygen atoms in total. The number of carbonyl (C=O) groups excluding carboxylic acids is 2. The minimum absolute atomic E-state index is 0.0652. The van der Waals surface area contributed by atoms with Gasteiger partial charge in [0.1, 0.15) is 5.75 Å². The molecule has 2 aromatic rings. The minimum Gasteiger partial charge on any atom is -0.490 e. The van der Waals surface area contributed by atoms with Crippen LogP contribution in [0.1, 0.15) is 68.1 Å². The van der Waals surface area contributed by atoms with Gasteiger partial charge in [-0.2, -0.15) is 12.7 Å². The molecule has 3 heterocycles. The molecular formula is C38H49ClN4O7S. The molecule has 1 saturated heterocycles. The van der Waals surface area contributed by atoms with Crippen LogP contribution in [0.3, 0.4) is 0 Å². The van der Waals surface area contributed by atoms with Crippen molar-refractivity contribution in [3.05, 3.63) is 70.3 Å². The SMILES string of the molecule is CO[C@H]1/C=C\CCN(C)C(=O)C[C@](O)(C(=O)NS(=O)(=O)N2CCCC2)c2ccc3c(c2)N(C[C@@H]2CC[C@H]21)C[C@@]1(CCCc2cc(Cl)ccc21)CO3. The van der Waals surface area contributed by atoms with E-state index >= 15 is 0 Å². The molecule has 5 atom stereocenters. The summed E-state index contributed by atoms with van der Waals surface area (Å²) in [4.78, 5) is 31.6. The van der Waals surface area contributed by atoms with E-state index < -0.39 is 34.0 Å². The third-order valence-electron chi connectivity index (χ3n) is 11.9. The van der Waals surface area contributed by atoms with Crippen LogP contribution in [0.2, 0.25) is 5.02 Å². The van der Waals surface area contributed by atoms with Crippen LogP contribution in [0.25, 0.3) is 0 Å². The van der Waals surface area contributed by atoms with Crippen LogP contribution in [0.5, 0.6) is 5.75 Å². The number of nitrogens with one attached hydrogen (secondary N) is 1. The van der Waals surface area contributed by atoms with E-state index in [9.17, 15) is 23.1 Å². The zero-order chi connectivity index (χ0) is 36.0. The number of nitrogens with zero attached hydrogens (tertiary/aromatic N) is 3. The van der Waals surface area contributed by atoms with Crippen molar-refractivity contribution in [3.63, 3.8) is 0 Å². The molecular weight excluding hydrogens is 692 g/mol. The number of aliphatic hydroxyl groups is 1. The second-order valence-corrected chi connectivity index (χ2v) is 17.2. The number of hydrogen-bond acceptors (Lipinski definition) is 8. The fraction of sp³-hybridized carbons (Fsp3) is 0.579. The first-order valence-corrected chi connectivity index (χ1v) is 20.0. The lowest BCUT2D eigenvalue weighted by atomic mass is 9.68. The molecule has 3 aliphatic heterocycles. The topological polar surface area (TPSA) is 129 Å². The van der Waals surface area contributed by atoms with Gasteiger partial charge in [0, 0.05) is 57.3 Å². The Hall–Kier alpha value is -3.16. The monoisotopic (exact) mass is 740 g/mol. The van der Waals surface area contributed by atoms with Gasteiger partial charge in [-0.25, -0.2) is 4.72 Å². The Labute approximate surface area is 306 Å². The smallest absolute Gasteiger partial charge is 0.303 e. The zero-order valence-corrected chi connectivity index (χ0v) is 31.1. The molecule has 1 saturated carbocycles. The number of rotatable bonds is 4. The van der Waals surface area contributed by atoms with Gasteiger partial charge in [0.15, 0.2) is 5.60 Å². The molecule has 276 valence electrons. The molecule has 2 amide bonds. The first-order chi connectivity index (χ1) is 24.4. The van der Waals surface area contributed by atoms with E-state index in [0.29, 0.717) is 73.8 Å². The highest BCUT2D eigenvalue weighted by molar-refractivity contribution is 7.87. The van der Waals surface area contributed by atoms with Crippen LogP contribution in [0.4, 0.5) is 5.69 Å². The number of benzene rings is 2. The van der Waals surface area contributed by atoms with E-state index in [0.717, 1.165) is 32.1 Å². The Balaban J connectivity index is 1.33. The average Bonchev–Trinajstić information content (AvgIpc) is 3.61. The lowest BCUT2D eigenvalue weighted by Crippen LogP contribution is -2.52. The molecule has 0 unspecified atom stereocenters. The number of carbonyl (C=O) groups is 2. The summed E-state index contributed by atoms with van der Waals surface area (Å²) in [7, 11) is -0.874. The number of amides is 2. The molecule has 2 bridgehead atoms. The van der Waals surface area contributed by atoms with Gasteiger partial charge in [0.2, 0.25) is 5.91 Å². The van der Waals surface area contributed by atoms with Crippen molar-refractivity contribution < 1.29 is 32.6 Å². The van der Waals surface area contributed by atoms with E-state index in [1.807, 2.05) is 12.1 Å². The van der Waals surface area contributed by atoms with Crippen LogP contribution < -0.4 is 14.4 Å². The van der Waals surface area contributed by atoms with Crippen molar-refractivity contribution in [3.8, 4) is 5.75 Å². The number of ether oxygens (including phenoxy) is 2. The second-order valence-electron chi connectivity index (χ2n) is 15.1. The number of methoxy groups -OCH3 is 1. The predicted molar refractivity (Wildman–Crippen MR) is 195 cm³/mol. The molecule has 1 spiro atoms. The maximum absolute atomic E-state index is 14.1. The second kappa shape index (κ2) is 14.3. The summed E-state index contributed by atoms with van der Waals surface area (Å²) in [5.74, 6) is -0.443. The lowest BCUT2D eigenvalue weighted by Gasteiger charge is -2.46. The van der Waals surface area contributed by atoms with Crippen molar-refractivity contribution in [2.75, 3.05) is 58.4 Å². The van der Waals surface area contributed by atoms with Crippen molar-refractivity contribution in [2.24, 2.45) is 11.8 Å². The summed E-state index contributed by atoms with van der Waals surface area (Å²) in [6, 6.07) is 11.2. The van der Waals surface area contributed by atoms with Gasteiger partial charge in [0.25, 0.3) is 5.91 Å². The van der Waals surface area contributed by atoms with Crippen molar-refractivity contribution in [1.82, 2.24) is 13.9 Å². The Morgan fingerprint density at radius 1 is 1.10 bits per heavy atom. The summed E-state index contributed by atoms with van der Waals surface area (Å²) in [6.07, 6.45) is 10.2. The number of halogens is 1. The molecule has 2 fully saturated rings. The molecule has 0 aromatic heterocycles. The van der Waals surface area contributed by atoms with E-state index in [1.165, 1.54) is 20.3 Å². The van der Waals surface area contributed by atoms with E-state index in [4.69, 9.17) is 21.1 Å². The van der Waals surface area contributed by atoms with Crippen LogP contribution in [-0.4, -0.2) is 94.1 Å². The highest BCUT2D eigenvalue weighted by atomic mass is 35.5. The van der Waals surface area contributed by atoms with Gasteiger partial charge < -0.3 is 24.4 Å². The Morgan fingerprint density at radius 2 is 1.90 bits per heavy atom. The molecule has 2 N–H and O–H groups in total. The summed E-state index contributed by atoms with van der Waals surface area (Å²) >= 11 is 6.46. The van der Waals surface area contributed by atoms with Crippen molar-refractivity contribution >= 4 is 39.3 Å². The molecule has 7 rings (SSSR count). The first kappa shape index (κ1) is 36.2. The highest BCUT2D eigenvalue weighted by Gasteiger charge is 2.47. The van der Waals surface area contributed by atoms with E-state index in [-0.39, 0.29) is 30.2 Å². The fourth-order valence-electron chi connectivity index (χ4n) is 8.79. The van der Waals surface area contributed by atoms with Gasteiger partial charge in [0.05, 0.1) is 24.8 Å². The van der Waals surface area contributed by atoms with E-state index in [1.54, 1.807) is 32.4 Å². The van der Waals surface area contributed by atoms with Gasteiger partial charge in [-0.05, 0) is 104 Å². The predicted octanol–water partition coefficient (Wildman–Crippen LogP) is 4.31. The lowest BCUT2D eigenvalue weighted by molar-refractivity contribution is -0.148. The number of anilines is 1. The number of fused-ring (bicyclic) bond motifs is 4. The number of aryl methyl sites for hydroxylation is 1.